The van der Waals surface area contributed by atoms with Crippen molar-refractivity contribution in [1.29, 1.82) is 0 Å². The van der Waals surface area contributed by atoms with Crippen molar-refractivity contribution in [1.82, 2.24) is 19.8 Å². The fraction of sp³-hybridized carbons (Fsp3) is 0.700. The number of piperidine rings is 1. The fourth-order valence-corrected chi connectivity index (χ4v) is 4.40. The molecular weight excluding hydrogens is 376 g/mol. The Morgan fingerprint density at radius 1 is 1.17 bits per heavy atom. The lowest BCUT2D eigenvalue weighted by Crippen LogP contribution is -2.47. The average Bonchev–Trinajstić information content (AvgIpc) is 3.16. The van der Waals surface area contributed by atoms with Crippen LogP contribution in [0, 0.1) is 5.92 Å². The Kier molecular flexibility index (Phi) is 6.13. The number of likely N-dealkylation sites (tertiary alicyclic amines) is 2. The van der Waals surface area contributed by atoms with Crippen LogP contribution in [0.3, 0.4) is 0 Å². The average molecular weight is 404 g/mol. The first-order chi connectivity index (χ1) is 14.1. The Hall–Kier alpha value is -2.42. The van der Waals surface area contributed by atoms with Gasteiger partial charge in [-0.25, -0.2) is 0 Å². The predicted molar refractivity (Wildman–Crippen MR) is 102 cm³/mol. The zero-order valence-corrected chi connectivity index (χ0v) is 16.8. The molecule has 9 nitrogen and oxygen atoms in total. The van der Waals surface area contributed by atoms with Crippen LogP contribution in [0.25, 0.3) is 0 Å². The van der Waals surface area contributed by atoms with E-state index in [4.69, 9.17) is 14.2 Å². The van der Waals surface area contributed by atoms with E-state index in [2.05, 4.69) is 9.97 Å². The van der Waals surface area contributed by atoms with Crippen molar-refractivity contribution in [2.24, 2.45) is 5.92 Å². The third-order valence-corrected chi connectivity index (χ3v) is 5.92. The molecule has 1 aromatic heterocycles. The van der Waals surface area contributed by atoms with Crippen molar-refractivity contribution >= 4 is 11.8 Å². The third-order valence-electron chi connectivity index (χ3n) is 5.92. The van der Waals surface area contributed by atoms with Gasteiger partial charge in [-0.05, 0) is 25.7 Å². The van der Waals surface area contributed by atoms with E-state index in [1.54, 1.807) is 6.20 Å². The van der Waals surface area contributed by atoms with Crippen molar-refractivity contribution in [2.45, 2.75) is 44.2 Å². The molecule has 9 heteroatoms. The number of ether oxygens (including phenoxy) is 3. The predicted octanol–water partition coefficient (Wildman–Crippen LogP) is 0.883. The van der Waals surface area contributed by atoms with Gasteiger partial charge in [0, 0.05) is 38.8 Å². The minimum Gasteiger partial charge on any atom is -0.480 e. The topological polar surface area (TPSA) is 94.1 Å². The maximum absolute atomic E-state index is 13.1. The Labute approximate surface area is 170 Å². The molecule has 0 aromatic carbocycles. The number of hydrogen-bond acceptors (Lipinski definition) is 7. The molecule has 0 saturated carbocycles. The maximum atomic E-state index is 13.1. The number of amides is 2. The van der Waals surface area contributed by atoms with Gasteiger partial charge in [0.25, 0.3) is 0 Å². The zero-order valence-electron chi connectivity index (χ0n) is 16.8. The summed E-state index contributed by atoms with van der Waals surface area (Å²) in [4.78, 5) is 37.6. The van der Waals surface area contributed by atoms with Crippen LogP contribution in [0.4, 0.5) is 0 Å². The van der Waals surface area contributed by atoms with Crippen LogP contribution in [0.1, 0.15) is 32.1 Å². The summed E-state index contributed by atoms with van der Waals surface area (Å²) in [5.74, 6) is 0.666. The number of carbonyl (C=O) groups is 2. The summed E-state index contributed by atoms with van der Waals surface area (Å²) >= 11 is 0. The smallest absolute Gasteiger partial charge is 0.235 e. The second-order valence-corrected chi connectivity index (χ2v) is 7.86. The number of rotatable bonds is 5. The summed E-state index contributed by atoms with van der Waals surface area (Å²) in [5, 5.41) is 0. The number of methoxy groups -OCH3 is 1. The Morgan fingerprint density at radius 2 is 1.97 bits per heavy atom. The molecule has 1 aromatic rings. The number of carbonyl (C=O) groups excluding carboxylic acids is 2. The summed E-state index contributed by atoms with van der Waals surface area (Å²) in [6.45, 7) is 3.09. The van der Waals surface area contributed by atoms with Gasteiger partial charge < -0.3 is 24.0 Å². The van der Waals surface area contributed by atoms with Gasteiger partial charge in [-0.1, -0.05) is 0 Å². The van der Waals surface area contributed by atoms with E-state index in [1.165, 1.54) is 13.3 Å². The van der Waals surface area contributed by atoms with Gasteiger partial charge in [-0.15, -0.1) is 0 Å². The molecule has 158 valence electrons. The minimum absolute atomic E-state index is 0.0536. The quantitative estimate of drug-likeness (QED) is 0.719. The molecule has 29 heavy (non-hydrogen) atoms. The lowest BCUT2D eigenvalue weighted by atomic mass is 10.0. The van der Waals surface area contributed by atoms with E-state index in [0.29, 0.717) is 51.0 Å². The van der Waals surface area contributed by atoms with E-state index in [0.717, 1.165) is 25.7 Å². The van der Waals surface area contributed by atoms with E-state index >= 15 is 0 Å². The Bertz CT molecular complexity index is 739. The summed E-state index contributed by atoms with van der Waals surface area (Å²) in [6.07, 6.45) is 6.65. The van der Waals surface area contributed by atoms with Gasteiger partial charge in [-0.2, -0.15) is 4.98 Å². The Balaban J connectivity index is 1.34. The molecule has 0 spiro atoms. The first-order valence-electron chi connectivity index (χ1n) is 10.3. The normalized spacial score (nSPS) is 25.9. The molecule has 3 fully saturated rings. The first kappa shape index (κ1) is 19.9. The van der Waals surface area contributed by atoms with Gasteiger partial charge >= 0.3 is 0 Å². The maximum Gasteiger partial charge on any atom is 0.235 e. The van der Waals surface area contributed by atoms with Gasteiger partial charge in [0.2, 0.25) is 23.6 Å². The van der Waals surface area contributed by atoms with Crippen molar-refractivity contribution in [3.05, 3.63) is 12.4 Å². The van der Waals surface area contributed by atoms with Gasteiger partial charge in [-0.3, -0.25) is 14.6 Å². The van der Waals surface area contributed by atoms with Crippen LogP contribution < -0.4 is 9.47 Å². The molecule has 4 rings (SSSR count). The number of hydrogen-bond donors (Lipinski definition) is 0. The molecule has 3 aliphatic rings. The molecular formula is C20H28N4O5. The van der Waals surface area contributed by atoms with Crippen molar-refractivity contribution < 1.29 is 23.8 Å². The van der Waals surface area contributed by atoms with Crippen LogP contribution in [0.2, 0.25) is 0 Å². The van der Waals surface area contributed by atoms with Gasteiger partial charge in [0.15, 0.2) is 0 Å². The highest BCUT2D eigenvalue weighted by Gasteiger charge is 2.40. The fourth-order valence-electron chi connectivity index (χ4n) is 4.40. The molecule has 2 unspecified atom stereocenters. The molecule has 3 saturated heterocycles. The largest absolute Gasteiger partial charge is 0.480 e. The van der Waals surface area contributed by atoms with Crippen LogP contribution >= 0.6 is 0 Å². The molecule has 0 N–H and O–H groups in total. The molecule has 0 bridgehead atoms. The second kappa shape index (κ2) is 8.94. The monoisotopic (exact) mass is 404 g/mol. The zero-order chi connectivity index (χ0) is 20.2. The van der Waals surface area contributed by atoms with Crippen LogP contribution in [-0.4, -0.2) is 83.7 Å². The summed E-state index contributed by atoms with van der Waals surface area (Å²) in [5.41, 5.74) is 0. The highest BCUT2D eigenvalue weighted by atomic mass is 16.5. The lowest BCUT2D eigenvalue weighted by molar-refractivity contribution is -0.138. The molecule has 2 atom stereocenters. The first-order valence-corrected chi connectivity index (χ1v) is 10.3. The minimum atomic E-state index is -0.263. The van der Waals surface area contributed by atoms with Crippen LogP contribution in [0.5, 0.6) is 11.8 Å². The highest BCUT2D eigenvalue weighted by molar-refractivity contribution is 5.89. The van der Waals surface area contributed by atoms with Gasteiger partial charge in [0.05, 0.1) is 32.0 Å². The SMILES string of the molecule is COc1cncc(OC2CCCN(C(=O)C3CC(=O)N(C4CCOCC4)C3)C2)n1. The summed E-state index contributed by atoms with van der Waals surface area (Å²) in [6, 6.07) is 0.207. The molecule has 4 heterocycles. The van der Waals surface area contributed by atoms with Crippen molar-refractivity contribution in [2.75, 3.05) is 40.0 Å². The lowest BCUT2D eigenvalue weighted by Gasteiger charge is -2.34. The van der Waals surface area contributed by atoms with Crippen LogP contribution in [0.15, 0.2) is 12.4 Å². The van der Waals surface area contributed by atoms with Crippen molar-refractivity contribution in [3.8, 4) is 11.8 Å². The third kappa shape index (κ3) is 4.60. The summed E-state index contributed by atoms with van der Waals surface area (Å²) in [7, 11) is 1.53. The van der Waals surface area contributed by atoms with E-state index in [9.17, 15) is 9.59 Å². The van der Waals surface area contributed by atoms with E-state index < -0.39 is 0 Å². The van der Waals surface area contributed by atoms with Crippen molar-refractivity contribution in [3.63, 3.8) is 0 Å². The summed E-state index contributed by atoms with van der Waals surface area (Å²) < 4.78 is 16.4. The molecule has 0 aliphatic carbocycles. The Morgan fingerprint density at radius 3 is 2.76 bits per heavy atom. The van der Waals surface area contributed by atoms with Crippen LogP contribution in [-0.2, 0) is 14.3 Å². The molecule has 3 aliphatic heterocycles. The standard InChI is InChI=1S/C20H28N4O5/c1-27-17-10-21-11-18(22-17)29-16-3-2-6-23(13-16)20(26)14-9-19(25)24(12-14)15-4-7-28-8-5-15/h10-11,14-16H,2-9,12-13H2,1H3. The van der Waals surface area contributed by atoms with E-state index in [1.807, 2.05) is 9.80 Å². The second-order valence-electron chi connectivity index (χ2n) is 7.86. The molecule has 0 radical (unpaired) electrons. The van der Waals surface area contributed by atoms with E-state index in [-0.39, 0.29) is 29.9 Å². The van der Waals surface area contributed by atoms with Gasteiger partial charge in [0.1, 0.15) is 6.10 Å². The highest BCUT2D eigenvalue weighted by Crippen LogP contribution is 2.27. The number of nitrogens with zero attached hydrogens (tertiary/aromatic N) is 4. The number of aromatic nitrogens is 2. The molecule has 2 amide bonds.